The number of piperazine rings is 1. The summed E-state index contributed by atoms with van der Waals surface area (Å²) in [5.74, 6) is 0.486. The van der Waals surface area contributed by atoms with Crippen LogP contribution in [0.1, 0.15) is 66.2 Å². The summed E-state index contributed by atoms with van der Waals surface area (Å²) < 4.78 is 2.13. The second-order valence-corrected chi connectivity index (χ2v) is 10.5. The van der Waals surface area contributed by atoms with Gasteiger partial charge in [-0.3, -0.25) is 9.59 Å². The van der Waals surface area contributed by atoms with E-state index in [1.54, 1.807) is 0 Å². The van der Waals surface area contributed by atoms with Gasteiger partial charge in [0.15, 0.2) is 0 Å². The van der Waals surface area contributed by atoms with Crippen LogP contribution in [0.4, 0.5) is 17.2 Å². The Labute approximate surface area is 218 Å². The van der Waals surface area contributed by atoms with Crippen LogP contribution in [0.2, 0.25) is 0 Å². The van der Waals surface area contributed by atoms with E-state index < -0.39 is 11.7 Å². The Balaban J connectivity index is 1.12. The molecule has 1 N–H and O–H groups in total. The van der Waals surface area contributed by atoms with Crippen molar-refractivity contribution in [2.24, 2.45) is 0 Å². The molecule has 2 aromatic heterocycles. The predicted octanol–water partition coefficient (Wildman–Crippen LogP) is 5.03. The second kappa shape index (κ2) is 10.4. The molecule has 1 saturated carbocycles. The van der Waals surface area contributed by atoms with Crippen molar-refractivity contribution < 1.29 is 9.59 Å². The number of nitrogens with one attached hydrogen (secondary N) is 1. The number of carbonyl (C=O) groups is 2. The molecule has 1 aliphatic carbocycles. The molecule has 0 radical (unpaired) electrons. The van der Waals surface area contributed by atoms with Crippen LogP contribution >= 0.6 is 0 Å². The van der Waals surface area contributed by atoms with Crippen LogP contribution in [-0.2, 0) is 17.8 Å². The summed E-state index contributed by atoms with van der Waals surface area (Å²) in [7, 11) is 0. The molecule has 0 spiro atoms. The number of fused-ring (bicyclic) bond motifs is 1. The largest absolute Gasteiger partial charge is 0.368 e. The van der Waals surface area contributed by atoms with Crippen molar-refractivity contribution in [3.8, 4) is 0 Å². The fourth-order valence-electron chi connectivity index (χ4n) is 6.25. The molecule has 0 unspecified atom stereocenters. The number of nitrogens with zero attached hydrogens (tertiary/aromatic N) is 4. The SMILES string of the molecule is O=C(Nc1ccc(N2CCN(c3ccccn3)CC2)cc1)C(=O)c1c(C2CCCC2)cc2n1CCCC2. The molecule has 1 aromatic carbocycles. The van der Waals surface area contributed by atoms with Gasteiger partial charge in [0.1, 0.15) is 5.82 Å². The first-order valence-corrected chi connectivity index (χ1v) is 13.8. The third-order valence-corrected chi connectivity index (χ3v) is 8.24. The second-order valence-electron chi connectivity index (χ2n) is 10.5. The average molecular weight is 498 g/mol. The van der Waals surface area contributed by atoms with Crippen LogP contribution < -0.4 is 15.1 Å². The highest BCUT2D eigenvalue weighted by Gasteiger charge is 2.32. The van der Waals surface area contributed by atoms with Crippen molar-refractivity contribution in [3.63, 3.8) is 0 Å². The molecule has 0 bridgehead atoms. The Bertz CT molecular complexity index is 1250. The van der Waals surface area contributed by atoms with Crippen LogP contribution in [0.3, 0.4) is 0 Å². The minimum absolute atomic E-state index is 0.398. The highest BCUT2D eigenvalue weighted by Crippen LogP contribution is 2.38. The molecule has 2 aliphatic heterocycles. The zero-order chi connectivity index (χ0) is 25.2. The number of Topliss-reactive ketones (excluding diaryl/α,β-unsaturated/α-hetero) is 1. The van der Waals surface area contributed by atoms with Gasteiger partial charge < -0.3 is 19.7 Å². The van der Waals surface area contributed by atoms with Crippen LogP contribution in [0.25, 0.3) is 0 Å². The van der Waals surface area contributed by atoms with Crippen LogP contribution in [0, 0.1) is 0 Å². The van der Waals surface area contributed by atoms with E-state index in [1.807, 2.05) is 42.6 Å². The summed E-state index contributed by atoms with van der Waals surface area (Å²) in [6.45, 7) is 4.47. The van der Waals surface area contributed by atoms with Crippen LogP contribution in [0.5, 0.6) is 0 Å². The number of ketones is 1. The van der Waals surface area contributed by atoms with Crippen molar-refractivity contribution in [3.05, 3.63) is 71.7 Å². The summed E-state index contributed by atoms with van der Waals surface area (Å²) in [5.41, 5.74) is 4.74. The first-order valence-electron chi connectivity index (χ1n) is 13.8. The van der Waals surface area contributed by atoms with Gasteiger partial charge in [-0.1, -0.05) is 18.9 Å². The van der Waals surface area contributed by atoms with E-state index in [0.29, 0.717) is 17.3 Å². The lowest BCUT2D eigenvalue weighted by Gasteiger charge is -2.36. The lowest BCUT2D eigenvalue weighted by atomic mass is 9.95. The number of rotatable bonds is 6. The van der Waals surface area contributed by atoms with Gasteiger partial charge >= 0.3 is 0 Å². The number of benzene rings is 1. The maximum Gasteiger partial charge on any atom is 0.298 e. The van der Waals surface area contributed by atoms with E-state index in [1.165, 1.54) is 18.5 Å². The van der Waals surface area contributed by atoms with Gasteiger partial charge in [-0.15, -0.1) is 0 Å². The smallest absolute Gasteiger partial charge is 0.298 e. The zero-order valence-electron chi connectivity index (χ0n) is 21.4. The molecular weight excluding hydrogens is 462 g/mol. The molecule has 0 atom stereocenters. The summed E-state index contributed by atoms with van der Waals surface area (Å²) in [6, 6.07) is 16.1. The molecule has 1 amide bonds. The van der Waals surface area contributed by atoms with Crippen LogP contribution in [-0.4, -0.2) is 47.4 Å². The van der Waals surface area contributed by atoms with Gasteiger partial charge in [-0.05, 0) is 86.1 Å². The van der Waals surface area contributed by atoms with E-state index in [0.717, 1.165) is 81.9 Å². The van der Waals surface area contributed by atoms with Gasteiger partial charge in [0.2, 0.25) is 0 Å². The van der Waals surface area contributed by atoms with Gasteiger partial charge in [0.05, 0.1) is 5.69 Å². The number of hydrogen-bond donors (Lipinski definition) is 1. The number of aromatic nitrogens is 2. The molecule has 7 nitrogen and oxygen atoms in total. The number of carbonyl (C=O) groups excluding carboxylic acids is 2. The van der Waals surface area contributed by atoms with E-state index in [2.05, 4.69) is 36.8 Å². The Morgan fingerprint density at radius 2 is 1.59 bits per heavy atom. The molecule has 7 heteroatoms. The molecule has 3 aromatic rings. The summed E-state index contributed by atoms with van der Waals surface area (Å²) in [6.07, 6.45) is 9.67. The summed E-state index contributed by atoms with van der Waals surface area (Å²) in [5, 5.41) is 2.88. The fraction of sp³-hybridized carbons (Fsp3) is 0.433. The summed E-state index contributed by atoms with van der Waals surface area (Å²) in [4.78, 5) is 35.7. The first kappa shape index (κ1) is 23.8. The number of hydrogen-bond acceptors (Lipinski definition) is 5. The molecule has 37 heavy (non-hydrogen) atoms. The summed E-state index contributed by atoms with van der Waals surface area (Å²) >= 11 is 0. The van der Waals surface area contributed by atoms with Crippen molar-refractivity contribution >= 4 is 28.9 Å². The lowest BCUT2D eigenvalue weighted by Crippen LogP contribution is -2.46. The minimum atomic E-state index is -0.539. The highest BCUT2D eigenvalue weighted by atomic mass is 16.2. The lowest BCUT2D eigenvalue weighted by molar-refractivity contribution is -0.112. The van der Waals surface area contributed by atoms with Crippen LogP contribution in [0.15, 0.2) is 54.7 Å². The predicted molar refractivity (Wildman–Crippen MR) is 147 cm³/mol. The Hall–Kier alpha value is -3.61. The highest BCUT2D eigenvalue weighted by molar-refractivity contribution is 6.46. The first-order chi connectivity index (χ1) is 18.2. The van der Waals surface area contributed by atoms with Gasteiger partial charge in [0.25, 0.3) is 11.7 Å². The maximum absolute atomic E-state index is 13.5. The van der Waals surface area contributed by atoms with E-state index in [4.69, 9.17) is 0 Å². The third kappa shape index (κ3) is 4.87. The maximum atomic E-state index is 13.5. The van der Waals surface area contributed by atoms with Crippen molar-refractivity contribution in [1.82, 2.24) is 9.55 Å². The van der Waals surface area contributed by atoms with Crippen molar-refractivity contribution in [2.75, 3.05) is 41.3 Å². The third-order valence-electron chi connectivity index (χ3n) is 8.24. The molecule has 2 fully saturated rings. The Kier molecular flexibility index (Phi) is 6.68. The molecular formula is C30H35N5O2. The molecule has 3 aliphatic rings. The van der Waals surface area contributed by atoms with Gasteiger partial charge in [0, 0.05) is 56.0 Å². The van der Waals surface area contributed by atoms with Gasteiger partial charge in [-0.2, -0.15) is 0 Å². The Morgan fingerprint density at radius 1 is 0.838 bits per heavy atom. The topological polar surface area (TPSA) is 70.5 Å². The van der Waals surface area contributed by atoms with Crippen molar-refractivity contribution in [2.45, 2.75) is 57.4 Å². The monoisotopic (exact) mass is 497 g/mol. The number of anilines is 3. The van der Waals surface area contributed by atoms with Gasteiger partial charge in [-0.25, -0.2) is 4.98 Å². The van der Waals surface area contributed by atoms with E-state index >= 15 is 0 Å². The molecule has 4 heterocycles. The quantitative estimate of drug-likeness (QED) is 0.382. The fourth-order valence-corrected chi connectivity index (χ4v) is 6.25. The normalized spacial score (nSPS) is 18.1. The van der Waals surface area contributed by atoms with E-state index in [9.17, 15) is 9.59 Å². The standard InChI is InChI=1S/C30H35N5O2/c36-29(28-26(22-7-1-2-8-22)21-25-9-4-6-16-35(25)28)30(37)32-23-11-13-24(14-12-23)33-17-19-34(20-18-33)27-10-3-5-15-31-27/h3,5,10-15,21-22H,1-2,4,6-9,16-20H2,(H,32,37). The number of pyridine rings is 1. The number of aryl methyl sites for hydroxylation is 1. The minimum Gasteiger partial charge on any atom is -0.368 e. The molecule has 1 saturated heterocycles. The number of amides is 1. The van der Waals surface area contributed by atoms with Crippen molar-refractivity contribution in [1.29, 1.82) is 0 Å². The molecule has 192 valence electrons. The Morgan fingerprint density at radius 3 is 2.32 bits per heavy atom. The zero-order valence-corrected chi connectivity index (χ0v) is 21.4. The average Bonchev–Trinajstić information content (AvgIpc) is 3.62. The molecule has 6 rings (SSSR count). The van der Waals surface area contributed by atoms with E-state index in [-0.39, 0.29) is 0 Å².